The number of urea groups is 2. The molecule has 14 nitrogen and oxygen atoms in total. The van der Waals surface area contributed by atoms with E-state index in [1.807, 2.05) is 13.0 Å². The number of benzene rings is 3. The van der Waals surface area contributed by atoms with Gasteiger partial charge in [0.25, 0.3) is 17.6 Å². The first-order chi connectivity index (χ1) is 23.6. The minimum absolute atomic E-state index is 0.115. The predicted molar refractivity (Wildman–Crippen MR) is 186 cm³/mol. The van der Waals surface area contributed by atoms with E-state index in [2.05, 4.69) is 26.3 Å². The third-order valence-corrected chi connectivity index (χ3v) is 8.24. The van der Waals surface area contributed by atoms with Crippen LogP contribution in [0.5, 0.6) is 0 Å². The first-order valence-electron chi connectivity index (χ1n) is 16.0. The Labute approximate surface area is 283 Å². The van der Waals surface area contributed by atoms with Crippen molar-refractivity contribution in [3.05, 3.63) is 90.1 Å². The number of para-hydroxylation sites is 1. The van der Waals surface area contributed by atoms with E-state index in [1.54, 1.807) is 59.5 Å². The van der Waals surface area contributed by atoms with Crippen molar-refractivity contribution in [3.8, 4) is 0 Å². The summed E-state index contributed by atoms with van der Waals surface area (Å²) in [4.78, 5) is 70.5. The molecule has 49 heavy (non-hydrogen) atoms. The zero-order chi connectivity index (χ0) is 34.9. The third kappa shape index (κ3) is 8.63. The lowest BCUT2D eigenvalue weighted by molar-refractivity contribution is -0.130. The predicted octanol–water partition coefficient (Wildman–Crippen LogP) is 2.13. The van der Waals surface area contributed by atoms with Gasteiger partial charge in [0, 0.05) is 61.6 Å². The van der Waals surface area contributed by atoms with Crippen LogP contribution < -0.4 is 26.7 Å². The number of H-pyrrole nitrogens is 1. The number of aromatic nitrogens is 1. The Kier molecular flexibility index (Phi) is 11.3. The van der Waals surface area contributed by atoms with Crippen molar-refractivity contribution >= 4 is 64.5 Å². The number of unbranched alkanes of at least 4 members (excludes halogenated alkanes) is 1. The van der Waals surface area contributed by atoms with Crippen LogP contribution >= 0.6 is 0 Å². The van der Waals surface area contributed by atoms with Crippen LogP contribution in [-0.2, 0) is 4.79 Å². The lowest BCUT2D eigenvalue weighted by Crippen LogP contribution is -2.56. The van der Waals surface area contributed by atoms with Crippen LogP contribution in [0.15, 0.2) is 79.0 Å². The van der Waals surface area contributed by atoms with E-state index in [4.69, 9.17) is 10.0 Å². The van der Waals surface area contributed by atoms with Gasteiger partial charge in [0.1, 0.15) is 0 Å². The number of hydrogen-bond donors (Lipinski definition) is 7. The molecular formula is C34H38BN7O7. The molecule has 0 bridgehead atoms. The number of piperazine rings is 1. The summed E-state index contributed by atoms with van der Waals surface area (Å²) in [5, 5.41) is 29.7. The standard InChI is InChI=1S/C34H38BN7O7/c1-22-21-41(31(44)23-8-3-2-4-9-23)18-19-42(22)32(45)30(43)27-20-38-29-26(27)10-7-11-28(29)40-34(47)37-17-6-5-16-36-33(46)39-25-14-12-24(13-15-25)35(48)49/h2-4,7-15,20,22,38,48-49H,5-6,16-19,21H2,1H3,(H2,36,39,46)(H2,37,40,47)/t22-/m1/s1. The first-order valence-corrected chi connectivity index (χ1v) is 16.0. The monoisotopic (exact) mass is 667 g/mol. The maximum atomic E-state index is 13.4. The molecule has 1 aromatic heterocycles. The molecule has 4 aromatic rings. The Bertz CT molecular complexity index is 1810. The average molecular weight is 668 g/mol. The van der Waals surface area contributed by atoms with E-state index in [1.165, 1.54) is 23.2 Å². The number of hydrogen-bond acceptors (Lipinski definition) is 7. The number of Topliss-reactive ketones (excluding diaryl/α,β-unsaturated/α-hetero) is 1. The van der Waals surface area contributed by atoms with E-state index in [0.717, 1.165) is 0 Å². The molecule has 1 atom stereocenters. The normalized spacial score (nSPS) is 14.2. The van der Waals surface area contributed by atoms with Crippen LogP contribution in [0.4, 0.5) is 21.0 Å². The molecule has 0 unspecified atom stereocenters. The second kappa shape index (κ2) is 16.0. The van der Waals surface area contributed by atoms with E-state index >= 15 is 0 Å². The molecule has 1 aliphatic rings. The van der Waals surface area contributed by atoms with Gasteiger partial charge in [-0.05, 0) is 55.6 Å². The Hall–Kier alpha value is -5.67. The molecule has 1 saturated heterocycles. The zero-order valence-corrected chi connectivity index (χ0v) is 26.9. The molecule has 3 aromatic carbocycles. The third-order valence-electron chi connectivity index (χ3n) is 8.24. The van der Waals surface area contributed by atoms with Crippen molar-refractivity contribution in [1.82, 2.24) is 25.4 Å². The van der Waals surface area contributed by atoms with Crippen molar-refractivity contribution in [1.29, 1.82) is 0 Å². The summed E-state index contributed by atoms with van der Waals surface area (Å²) < 4.78 is 0. The summed E-state index contributed by atoms with van der Waals surface area (Å²) in [6, 6.07) is 18.9. The maximum Gasteiger partial charge on any atom is 0.488 e. The van der Waals surface area contributed by atoms with Gasteiger partial charge in [0.2, 0.25) is 0 Å². The highest BCUT2D eigenvalue weighted by atomic mass is 16.4. The molecule has 6 amide bonds. The van der Waals surface area contributed by atoms with Crippen LogP contribution in [0, 0.1) is 0 Å². The molecule has 2 heterocycles. The molecule has 1 aliphatic heterocycles. The van der Waals surface area contributed by atoms with E-state index in [9.17, 15) is 24.0 Å². The lowest BCUT2D eigenvalue weighted by atomic mass is 9.80. The largest absolute Gasteiger partial charge is 0.488 e. The summed E-state index contributed by atoms with van der Waals surface area (Å²) in [6.45, 7) is 3.39. The van der Waals surface area contributed by atoms with Crippen LogP contribution in [0.25, 0.3) is 10.9 Å². The van der Waals surface area contributed by atoms with Crippen LogP contribution in [-0.4, -0.2) is 100 Å². The summed E-state index contributed by atoms with van der Waals surface area (Å²) in [7, 11) is -1.58. The molecule has 1 fully saturated rings. The SMILES string of the molecule is C[C@@H]1CN(C(=O)c2ccccc2)CCN1C(=O)C(=O)c1c[nH]c2c(NC(=O)NCCCCNC(=O)Nc3ccc(B(O)O)cc3)cccc12. The Morgan fingerprint density at radius 3 is 2.16 bits per heavy atom. The van der Waals surface area contributed by atoms with E-state index in [0.29, 0.717) is 72.3 Å². The molecule has 254 valence electrons. The number of nitrogens with one attached hydrogen (secondary N) is 5. The van der Waals surface area contributed by atoms with Crippen LogP contribution in [0.1, 0.15) is 40.5 Å². The highest BCUT2D eigenvalue weighted by Gasteiger charge is 2.34. The smallest absolute Gasteiger partial charge is 0.423 e. The fourth-order valence-electron chi connectivity index (χ4n) is 5.63. The zero-order valence-electron chi connectivity index (χ0n) is 26.9. The number of carbonyl (C=O) groups excluding carboxylic acids is 5. The summed E-state index contributed by atoms with van der Waals surface area (Å²) >= 11 is 0. The molecule has 15 heteroatoms. The summed E-state index contributed by atoms with van der Waals surface area (Å²) in [6.07, 6.45) is 2.66. The number of rotatable bonds is 11. The van der Waals surface area contributed by atoms with Crippen molar-refractivity contribution in [2.75, 3.05) is 43.4 Å². The number of anilines is 2. The maximum absolute atomic E-state index is 13.4. The Morgan fingerprint density at radius 2 is 1.51 bits per heavy atom. The van der Waals surface area contributed by atoms with Crippen molar-refractivity contribution in [2.45, 2.75) is 25.8 Å². The second-order valence-corrected chi connectivity index (χ2v) is 11.7. The van der Waals surface area contributed by atoms with Gasteiger partial charge in [0.05, 0.1) is 16.8 Å². The molecule has 0 spiro atoms. The van der Waals surface area contributed by atoms with Gasteiger partial charge in [-0.2, -0.15) is 0 Å². The molecule has 0 saturated carbocycles. The molecular weight excluding hydrogens is 629 g/mol. The quantitative estimate of drug-likeness (QED) is 0.0551. The number of ketones is 1. The Balaban J connectivity index is 1.07. The van der Waals surface area contributed by atoms with Gasteiger partial charge >= 0.3 is 19.2 Å². The van der Waals surface area contributed by atoms with Crippen molar-refractivity contribution in [3.63, 3.8) is 0 Å². The molecule has 5 rings (SSSR count). The van der Waals surface area contributed by atoms with Gasteiger partial charge in [-0.25, -0.2) is 9.59 Å². The van der Waals surface area contributed by atoms with Gasteiger partial charge in [0.15, 0.2) is 0 Å². The molecule has 0 radical (unpaired) electrons. The molecule has 7 N–H and O–H groups in total. The van der Waals surface area contributed by atoms with Gasteiger partial charge in [-0.1, -0.05) is 42.5 Å². The number of carbonyl (C=O) groups is 5. The van der Waals surface area contributed by atoms with Gasteiger partial charge in [-0.3, -0.25) is 14.4 Å². The topological polar surface area (TPSA) is 196 Å². The average Bonchev–Trinajstić information content (AvgIpc) is 3.54. The number of nitrogens with zero attached hydrogens (tertiary/aromatic N) is 2. The van der Waals surface area contributed by atoms with Gasteiger partial charge < -0.3 is 46.1 Å². The fourth-order valence-corrected chi connectivity index (χ4v) is 5.63. The fraction of sp³-hybridized carbons (Fsp3) is 0.265. The van der Waals surface area contributed by atoms with Crippen molar-refractivity contribution < 1.29 is 34.0 Å². The summed E-state index contributed by atoms with van der Waals surface area (Å²) in [5.74, 6) is -1.44. The molecule has 0 aliphatic carbocycles. The summed E-state index contributed by atoms with van der Waals surface area (Å²) in [5.41, 5.74) is 2.51. The highest BCUT2D eigenvalue weighted by molar-refractivity contribution is 6.58. The minimum atomic E-state index is -1.58. The lowest BCUT2D eigenvalue weighted by Gasteiger charge is -2.39. The van der Waals surface area contributed by atoms with Crippen LogP contribution in [0.3, 0.4) is 0 Å². The number of aromatic amines is 1. The number of fused-ring (bicyclic) bond motifs is 1. The highest BCUT2D eigenvalue weighted by Crippen LogP contribution is 2.27. The Morgan fingerprint density at radius 1 is 0.837 bits per heavy atom. The second-order valence-electron chi connectivity index (χ2n) is 11.7. The number of amides is 6. The van der Waals surface area contributed by atoms with Crippen molar-refractivity contribution in [2.24, 2.45) is 0 Å². The van der Waals surface area contributed by atoms with Gasteiger partial charge in [-0.15, -0.1) is 0 Å². The van der Waals surface area contributed by atoms with Crippen LogP contribution in [0.2, 0.25) is 0 Å². The first kappa shape index (κ1) is 34.7. The van der Waals surface area contributed by atoms with E-state index in [-0.39, 0.29) is 24.1 Å². The van der Waals surface area contributed by atoms with E-state index < -0.39 is 30.9 Å². The minimum Gasteiger partial charge on any atom is -0.423 e.